The van der Waals surface area contributed by atoms with E-state index in [4.69, 9.17) is 4.74 Å². The van der Waals surface area contributed by atoms with Crippen LogP contribution in [0.2, 0.25) is 0 Å². The van der Waals surface area contributed by atoms with Gasteiger partial charge in [0.15, 0.2) is 0 Å². The lowest BCUT2D eigenvalue weighted by molar-refractivity contribution is -0.152. The Balaban J connectivity index is 1.92. The van der Waals surface area contributed by atoms with E-state index in [0.29, 0.717) is 31.4 Å². The van der Waals surface area contributed by atoms with Gasteiger partial charge in [0.25, 0.3) is 0 Å². The van der Waals surface area contributed by atoms with E-state index in [0.717, 1.165) is 16.5 Å². The first-order valence-electron chi connectivity index (χ1n) is 10.4. The molecule has 1 unspecified atom stereocenters. The van der Waals surface area contributed by atoms with E-state index in [1.165, 1.54) is 6.92 Å². The zero-order valence-corrected chi connectivity index (χ0v) is 17.7. The summed E-state index contributed by atoms with van der Waals surface area (Å²) in [7, 11) is 0. The van der Waals surface area contributed by atoms with Crippen molar-refractivity contribution >= 4 is 28.9 Å². The Labute approximate surface area is 176 Å². The summed E-state index contributed by atoms with van der Waals surface area (Å²) < 4.78 is 5.21. The van der Waals surface area contributed by atoms with Crippen LogP contribution < -0.4 is 0 Å². The predicted molar refractivity (Wildman–Crippen MR) is 115 cm³/mol. The SMILES string of the molecule is CCC1C[C@H](O)CC[C@@]1(C=Cc1ccc2ccc([C@@H](C)OC(C)=O)nc2c1)C(=O)O. The van der Waals surface area contributed by atoms with Crippen LogP contribution in [0.1, 0.15) is 63.8 Å². The number of rotatable bonds is 6. The Morgan fingerprint density at radius 1 is 1.33 bits per heavy atom. The van der Waals surface area contributed by atoms with Crippen LogP contribution in [0.15, 0.2) is 36.4 Å². The van der Waals surface area contributed by atoms with Gasteiger partial charge in [-0.1, -0.05) is 43.7 Å². The minimum absolute atomic E-state index is 0.107. The second kappa shape index (κ2) is 8.96. The Hall–Kier alpha value is -2.73. The number of hydrogen-bond acceptors (Lipinski definition) is 5. The number of carbonyl (C=O) groups is 2. The Morgan fingerprint density at radius 3 is 2.73 bits per heavy atom. The Morgan fingerprint density at radius 2 is 2.07 bits per heavy atom. The minimum atomic E-state index is -0.970. The first-order valence-corrected chi connectivity index (χ1v) is 10.4. The van der Waals surface area contributed by atoms with E-state index in [2.05, 4.69) is 4.98 Å². The molecule has 2 N–H and O–H groups in total. The molecule has 1 aliphatic carbocycles. The third-order valence-electron chi connectivity index (χ3n) is 6.14. The van der Waals surface area contributed by atoms with Crippen LogP contribution in [0.5, 0.6) is 0 Å². The van der Waals surface area contributed by atoms with E-state index in [9.17, 15) is 19.8 Å². The van der Waals surface area contributed by atoms with Gasteiger partial charge in [-0.2, -0.15) is 0 Å². The molecule has 1 heterocycles. The second-order valence-corrected chi connectivity index (χ2v) is 8.15. The van der Waals surface area contributed by atoms with E-state index < -0.39 is 23.6 Å². The van der Waals surface area contributed by atoms with Crippen LogP contribution in [0.3, 0.4) is 0 Å². The number of carboxylic acids is 1. The number of aliphatic carboxylic acids is 1. The molecule has 1 aromatic carbocycles. The third kappa shape index (κ3) is 4.54. The first kappa shape index (κ1) is 22.0. The van der Waals surface area contributed by atoms with Gasteiger partial charge in [0, 0.05) is 12.3 Å². The lowest BCUT2D eigenvalue weighted by Gasteiger charge is -2.40. The van der Waals surface area contributed by atoms with E-state index in [-0.39, 0.29) is 11.9 Å². The molecular formula is C24H29NO5. The van der Waals surface area contributed by atoms with Gasteiger partial charge in [-0.3, -0.25) is 9.59 Å². The number of ether oxygens (including phenoxy) is 1. The summed E-state index contributed by atoms with van der Waals surface area (Å²) in [5.41, 5.74) is 1.30. The van der Waals surface area contributed by atoms with Crippen LogP contribution in [0.4, 0.5) is 0 Å². The van der Waals surface area contributed by atoms with Crippen LogP contribution in [0, 0.1) is 11.3 Å². The zero-order valence-electron chi connectivity index (χ0n) is 17.7. The Kier molecular flexibility index (Phi) is 6.56. The summed E-state index contributed by atoms with van der Waals surface area (Å²) in [4.78, 5) is 28.0. The molecule has 1 fully saturated rings. The van der Waals surface area contributed by atoms with Gasteiger partial charge in [0.1, 0.15) is 6.10 Å². The quantitative estimate of drug-likeness (QED) is 0.679. The molecule has 4 atom stereocenters. The van der Waals surface area contributed by atoms with Crippen LogP contribution in [0.25, 0.3) is 17.0 Å². The second-order valence-electron chi connectivity index (χ2n) is 8.15. The molecular weight excluding hydrogens is 382 g/mol. The van der Waals surface area contributed by atoms with Crippen molar-refractivity contribution in [2.24, 2.45) is 11.3 Å². The molecule has 0 spiro atoms. The fourth-order valence-corrected chi connectivity index (χ4v) is 4.40. The summed E-state index contributed by atoms with van der Waals surface area (Å²) in [6, 6.07) is 9.55. The number of carbonyl (C=O) groups excluding carboxylic acids is 1. The number of aromatic nitrogens is 1. The molecule has 2 aromatic rings. The normalized spacial score (nSPS) is 25.3. The summed E-state index contributed by atoms with van der Waals surface area (Å²) >= 11 is 0. The molecule has 1 aromatic heterocycles. The van der Waals surface area contributed by atoms with Crippen LogP contribution in [-0.2, 0) is 14.3 Å². The molecule has 0 bridgehead atoms. The van der Waals surface area contributed by atoms with Crippen molar-refractivity contribution in [2.75, 3.05) is 0 Å². The number of esters is 1. The van der Waals surface area contributed by atoms with Gasteiger partial charge in [-0.25, -0.2) is 4.98 Å². The van der Waals surface area contributed by atoms with Crippen molar-refractivity contribution in [1.82, 2.24) is 4.98 Å². The molecule has 6 heteroatoms. The molecule has 0 aliphatic heterocycles. The highest BCUT2D eigenvalue weighted by Crippen LogP contribution is 2.45. The lowest BCUT2D eigenvalue weighted by Crippen LogP contribution is -2.42. The summed E-state index contributed by atoms with van der Waals surface area (Å²) in [5, 5.41) is 21.0. The molecule has 1 saturated carbocycles. The fraction of sp³-hybridized carbons (Fsp3) is 0.458. The molecule has 3 rings (SSSR count). The molecule has 30 heavy (non-hydrogen) atoms. The van der Waals surface area contributed by atoms with Crippen molar-refractivity contribution < 1.29 is 24.5 Å². The van der Waals surface area contributed by atoms with E-state index >= 15 is 0 Å². The number of pyridine rings is 1. The summed E-state index contributed by atoms with van der Waals surface area (Å²) in [5.74, 6) is -1.30. The number of aliphatic hydroxyl groups is 1. The number of benzene rings is 1. The summed E-state index contributed by atoms with van der Waals surface area (Å²) in [6.07, 6.45) is 4.88. The molecule has 0 saturated heterocycles. The monoisotopic (exact) mass is 411 g/mol. The van der Waals surface area contributed by atoms with Crippen molar-refractivity contribution in [1.29, 1.82) is 0 Å². The maximum Gasteiger partial charge on any atom is 0.313 e. The molecule has 0 amide bonds. The average molecular weight is 411 g/mol. The van der Waals surface area contributed by atoms with Gasteiger partial charge in [-0.15, -0.1) is 0 Å². The van der Waals surface area contributed by atoms with Crippen molar-refractivity contribution in [3.05, 3.63) is 47.7 Å². The van der Waals surface area contributed by atoms with Crippen molar-refractivity contribution in [2.45, 2.75) is 58.7 Å². The highest BCUT2D eigenvalue weighted by Gasteiger charge is 2.46. The smallest absolute Gasteiger partial charge is 0.313 e. The van der Waals surface area contributed by atoms with Gasteiger partial charge in [-0.05, 0) is 49.8 Å². The lowest BCUT2D eigenvalue weighted by atomic mass is 9.64. The van der Waals surface area contributed by atoms with Gasteiger partial charge < -0.3 is 14.9 Å². The number of hydrogen-bond donors (Lipinski definition) is 2. The van der Waals surface area contributed by atoms with Gasteiger partial charge in [0.05, 0.1) is 22.7 Å². The number of fused-ring (bicyclic) bond motifs is 1. The number of carboxylic acid groups (broad SMARTS) is 1. The highest BCUT2D eigenvalue weighted by atomic mass is 16.5. The van der Waals surface area contributed by atoms with Crippen LogP contribution in [-0.4, -0.2) is 33.2 Å². The largest absolute Gasteiger partial charge is 0.481 e. The molecule has 0 radical (unpaired) electrons. The molecule has 1 aliphatic rings. The van der Waals surface area contributed by atoms with E-state index in [1.807, 2.05) is 43.3 Å². The maximum atomic E-state index is 12.2. The first-order chi connectivity index (χ1) is 14.2. The zero-order chi connectivity index (χ0) is 21.9. The topological polar surface area (TPSA) is 96.7 Å². The van der Waals surface area contributed by atoms with Gasteiger partial charge >= 0.3 is 11.9 Å². The molecule has 6 nitrogen and oxygen atoms in total. The number of nitrogens with zero attached hydrogens (tertiary/aromatic N) is 1. The van der Waals surface area contributed by atoms with Crippen molar-refractivity contribution in [3.8, 4) is 0 Å². The van der Waals surface area contributed by atoms with Crippen LogP contribution >= 0.6 is 0 Å². The molecule has 160 valence electrons. The third-order valence-corrected chi connectivity index (χ3v) is 6.14. The number of aliphatic hydroxyl groups excluding tert-OH is 1. The Bertz CT molecular complexity index is 969. The maximum absolute atomic E-state index is 12.2. The van der Waals surface area contributed by atoms with Gasteiger partial charge in [0.2, 0.25) is 0 Å². The van der Waals surface area contributed by atoms with Crippen molar-refractivity contribution in [3.63, 3.8) is 0 Å². The minimum Gasteiger partial charge on any atom is -0.481 e. The summed E-state index contributed by atoms with van der Waals surface area (Å²) in [6.45, 7) is 5.12. The predicted octanol–water partition coefficient (Wildman–Crippen LogP) is 4.51. The highest BCUT2D eigenvalue weighted by molar-refractivity contribution is 5.83. The fourth-order valence-electron chi connectivity index (χ4n) is 4.40. The standard InChI is InChI=1S/C24H29NO5/c1-4-19-14-20(27)10-12-24(19,23(28)29)11-9-17-5-6-18-7-8-21(25-22(18)13-17)15(2)30-16(3)26/h5-9,11,13,15,19-20,27H,4,10,12,14H2,1-3H3,(H,28,29)/t15-,19?,20-,24-/m1/s1. The van der Waals surface area contributed by atoms with E-state index in [1.54, 1.807) is 13.0 Å². The average Bonchev–Trinajstić information content (AvgIpc) is 2.71.